The minimum absolute atomic E-state index is 0.123. The monoisotopic (exact) mass is 392 g/mol. The Morgan fingerprint density at radius 1 is 1.18 bits per heavy atom. The molecule has 0 aliphatic carbocycles. The average Bonchev–Trinajstić information content (AvgIpc) is 2.68. The molecule has 0 spiro atoms. The van der Waals surface area contributed by atoms with Crippen molar-refractivity contribution in [3.8, 4) is 17.2 Å². The van der Waals surface area contributed by atoms with Crippen LogP contribution in [-0.2, 0) is 11.2 Å². The maximum atomic E-state index is 12.9. The quantitative estimate of drug-likeness (QED) is 0.520. The van der Waals surface area contributed by atoms with Gasteiger partial charge in [0.05, 0.1) is 25.2 Å². The van der Waals surface area contributed by atoms with E-state index in [2.05, 4.69) is 5.32 Å². The van der Waals surface area contributed by atoms with E-state index in [0.29, 0.717) is 17.1 Å². The largest absolute Gasteiger partial charge is 0.493 e. The van der Waals surface area contributed by atoms with Crippen LogP contribution in [0.1, 0.15) is 12.5 Å². The molecule has 0 aliphatic rings. The van der Waals surface area contributed by atoms with Crippen molar-refractivity contribution in [2.75, 3.05) is 20.8 Å². The predicted molar refractivity (Wildman–Crippen MR) is 99.4 cm³/mol. The number of methoxy groups -OCH3 is 2. The number of halogens is 1. The van der Waals surface area contributed by atoms with E-state index in [-0.39, 0.29) is 24.4 Å². The lowest BCUT2D eigenvalue weighted by Gasteiger charge is -2.15. The zero-order valence-corrected chi connectivity index (χ0v) is 15.7. The Kier molecular flexibility index (Phi) is 7.14. The summed E-state index contributed by atoms with van der Waals surface area (Å²) in [5, 5.41) is 14.0. The molecule has 2 rings (SSSR count). The first-order valence-corrected chi connectivity index (χ1v) is 8.45. The highest BCUT2D eigenvalue weighted by Gasteiger charge is 2.20. The Morgan fingerprint density at radius 2 is 1.79 bits per heavy atom. The molecular weight excluding hydrogens is 371 g/mol. The van der Waals surface area contributed by atoms with Gasteiger partial charge in [0.25, 0.3) is 11.6 Å². The number of carbonyl (C=O) groups is 1. The molecule has 8 nitrogen and oxygen atoms in total. The van der Waals surface area contributed by atoms with Gasteiger partial charge in [-0.2, -0.15) is 0 Å². The van der Waals surface area contributed by atoms with E-state index in [1.165, 1.54) is 50.6 Å². The standard InChI is InChI=1S/C19H21FN2O6/c1-12(28-15-6-4-14(20)5-7-15)19(23)21-9-8-13-10-17(26-2)18(27-3)11-16(13)22(24)25/h4-7,10-12H,8-9H2,1-3H3,(H,21,23). The van der Waals surface area contributed by atoms with Crippen LogP contribution in [0.5, 0.6) is 17.2 Å². The third-order valence-electron chi connectivity index (χ3n) is 3.97. The first-order valence-electron chi connectivity index (χ1n) is 8.45. The van der Waals surface area contributed by atoms with Crippen LogP contribution < -0.4 is 19.5 Å². The van der Waals surface area contributed by atoms with E-state index in [4.69, 9.17) is 14.2 Å². The van der Waals surface area contributed by atoms with E-state index in [1.807, 2.05) is 0 Å². The van der Waals surface area contributed by atoms with Crippen molar-refractivity contribution in [3.05, 3.63) is 57.9 Å². The van der Waals surface area contributed by atoms with E-state index in [0.717, 1.165) is 0 Å². The summed E-state index contributed by atoms with van der Waals surface area (Å²) in [6.07, 6.45) is -0.600. The summed E-state index contributed by atoms with van der Waals surface area (Å²) in [7, 11) is 2.83. The third kappa shape index (κ3) is 5.32. The van der Waals surface area contributed by atoms with Gasteiger partial charge in [0.2, 0.25) is 0 Å². The number of nitro benzene ring substituents is 1. The number of nitro groups is 1. The van der Waals surface area contributed by atoms with Crippen molar-refractivity contribution < 1.29 is 28.3 Å². The number of ether oxygens (including phenoxy) is 3. The van der Waals surface area contributed by atoms with Gasteiger partial charge >= 0.3 is 0 Å². The molecule has 0 saturated heterocycles. The zero-order chi connectivity index (χ0) is 20.7. The SMILES string of the molecule is COc1cc(CCNC(=O)C(C)Oc2ccc(F)cc2)c([N+](=O)[O-])cc1OC. The predicted octanol–water partition coefficient (Wildman–Crippen LogP) is 2.88. The molecule has 0 radical (unpaired) electrons. The van der Waals surface area contributed by atoms with Crippen LogP contribution in [0.3, 0.4) is 0 Å². The Hall–Kier alpha value is -3.36. The number of nitrogens with zero attached hydrogens (tertiary/aromatic N) is 1. The second kappa shape index (κ2) is 9.54. The summed E-state index contributed by atoms with van der Waals surface area (Å²) in [5.74, 6) is 0.179. The highest BCUT2D eigenvalue weighted by molar-refractivity contribution is 5.80. The summed E-state index contributed by atoms with van der Waals surface area (Å²) in [6, 6.07) is 8.11. The van der Waals surface area contributed by atoms with Gasteiger partial charge in [-0.15, -0.1) is 0 Å². The second-order valence-electron chi connectivity index (χ2n) is 5.85. The van der Waals surface area contributed by atoms with Gasteiger partial charge in [-0.1, -0.05) is 0 Å². The number of rotatable bonds is 9. The molecular formula is C19H21FN2O6. The smallest absolute Gasteiger partial charge is 0.276 e. The van der Waals surface area contributed by atoms with Gasteiger partial charge in [-0.05, 0) is 43.7 Å². The highest BCUT2D eigenvalue weighted by Crippen LogP contribution is 2.34. The van der Waals surface area contributed by atoms with Gasteiger partial charge in [0.15, 0.2) is 17.6 Å². The highest BCUT2D eigenvalue weighted by atomic mass is 19.1. The van der Waals surface area contributed by atoms with Crippen molar-refractivity contribution in [2.45, 2.75) is 19.4 Å². The maximum absolute atomic E-state index is 12.9. The first kappa shape index (κ1) is 20.9. The number of carbonyl (C=O) groups excluding carboxylic acids is 1. The van der Waals surface area contributed by atoms with E-state index >= 15 is 0 Å². The topological polar surface area (TPSA) is 99.9 Å². The molecule has 2 aromatic rings. The Bertz CT molecular complexity index is 841. The lowest BCUT2D eigenvalue weighted by atomic mass is 10.1. The molecule has 1 amide bonds. The number of hydrogen-bond acceptors (Lipinski definition) is 6. The van der Waals surface area contributed by atoms with Crippen LogP contribution in [0.25, 0.3) is 0 Å². The van der Waals surface area contributed by atoms with Gasteiger partial charge in [-0.25, -0.2) is 4.39 Å². The van der Waals surface area contributed by atoms with E-state index in [1.54, 1.807) is 6.92 Å². The third-order valence-corrected chi connectivity index (χ3v) is 3.97. The molecule has 0 heterocycles. The average molecular weight is 392 g/mol. The molecule has 0 fully saturated rings. The minimum atomic E-state index is -0.814. The van der Waals surface area contributed by atoms with Gasteiger partial charge in [0.1, 0.15) is 11.6 Å². The fourth-order valence-electron chi connectivity index (χ4n) is 2.52. The van der Waals surface area contributed by atoms with E-state index < -0.39 is 22.8 Å². The summed E-state index contributed by atoms with van der Waals surface area (Å²) < 4.78 is 28.6. The molecule has 150 valence electrons. The summed E-state index contributed by atoms with van der Waals surface area (Å²) >= 11 is 0. The Balaban J connectivity index is 1.98. The molecule has 2 aromatic carbocycles. The molecule has 1 N–H and O–H groups in total. The number of hydrogen-bond donors (Lipinski definition) is 1. The van der Waals surface area contributed by atoms with Crippen LogP contribution in [0.2, 0.25) is 0 Å². The van der Waals surface area contributed by atoms with Crippen LogP contribution in [0.4, 0.5) is 10.1 Å². The fourth-order valence-corrected chi connectivity index (χ4v) is 2.52. The van der Waals surface area contributed by atoms with Crippen LogP contribution in [-0.4, -0.2) is 37.7 Å². The fraction of sp³-hybridized carbons (Fsp3) is 0.316. The minimum Gasteiger partial charge on any atom is -0.493 e. The molecule has 0 bridgehead atoms. The van der Waals surface area contributed by atoms with Crippen molar-refractivity contribution >= 4 is 11.6 Å². The van der Waals surface area contributed by atoms with Crippen molar-refractivity contribution in [1.82, 2.24) is 5.32 Å². The van der Waals surface area contributed by atoms with Gasteiger partial charge < -0.3 is 19.5 Å². The lowest BCUT2D eigenvalue weighted by molar-refractivity contribution is -0.385. The molecule has 0 saturated carbocycles. The van der Waals surface area contributed by atoms with Crippen molar-refractivity contribution in [2.24, 2.45) is 0 Å². The molecule has 9 heteroatoms. The molecule has 0 aliphatic heterocycles. The second-order valence-corrected chi connectivity index (χ2v) is 5.85. The molecule has 28 heavy (non-hydrogen) atoms. The molecule has 0 aromatic heterocycles. The summed E-state index contributed by atoms with van der Waals surface area (Å²) in [5.41, 5.74) is 0.276. The van der Waals surface area contributed by atoms with E-state index in [9.17, 15) is 19.3 Å². The Labute approximate surface area is 161 Å². The number of benzene rings is 2. The van der Waals surface area contributed by atoms with Crippen molar-refractivity contribution in [1.29, 1.82) is 0 Å². The Morgan fingerprint density at radius 3 is 2.36 bits per heavy atom. The molecule has 1 atom stereocenters. The number of amides is 1. The zero-order valence-electron chi connectivity index (χ0n) is 15.7. The van der Waals surface area contributed by atoms with Gasteiger partial charge in [0, 0.05) is 12.1 Å². The number of nitrogens with one attached hydrogen (secondary N) is 1. The molecule has 1 unspecified atom stereocenters. The maximum Gasteiger partial charge on any atom is 0.276 e. The normalized spacial score (nSPS) is 11.4. The van der Waals surface area contributed by atoms with Crippen LogP contribution >= 0.6 is 0 Å². The summed E-state index contributed by atoms with van der Waals surface area (Å²) in [4.78, 5) is 22.9. The van der Waals surface area contributed by atoms with Crippen LogP contribution in [0.15, 0.2) is 36.4 Å². The first-order chi connectivity index (χ1) is 13.3. The lowest BCUT2D eigenvalue weighted by Crippen LogP contribution is -2.37. The van der Waals surface area contributed by atoms with Crippen LogP contribution in [0, 0.1) is 15.9 Å². The summed E-state index contributed by atoms with van der Waals surface area (Å²) in [6.45, 7) is 1.71. The van der Waals surface area contributed by atoms with Crippen molar-refractivity contribution in [3.63, 3.8) is 0 Å². The van der Waals surface area contributed by atoms with Gasteiger partial charge in [-0.3, -0.25) is 14.9 Å².